The molecule has 0 saturated carbocycles. The Kier molecular flexibility index (Phi) is 7.86. The van der Waals surface area contributed by atoms with Crippen LogP contribution in [0.25, 0.3) is 11.8 Å². The van der Waals surface area contributed by atoms with Crippen molar-refractivity contribution in [2.75, 3.05) is 0 Å². The van der Waals surface area contributed by atoms with E-state index in [0.717, 1.165) is 54.6 Å². The van der Waals surface area contributed by atoms with Crippen LogP contribution < -0.4 is 4.72 Å². The fourth-order valence-corrected chi connectivity index (χ4v) is 6.26. The Morgan fingerprint density at radius 2 is 1.71 bits per heavy atom. The highest BCUT2D eigenvalue weighted by molar-refractivity contribution is 7.92. The summed E-state index contributed by atoms with van der Waals surface area (Å²) < 4.78 is 44.1. The molecule has 4 aromatic rings. The monoisotopic (exact) mass is 529 g/mol. The van der Waals surface area contributed by atoms with Crippen molar-refractivity contribution in [1.82, 2.24) is 14.5 Å². The Labute approximate surface area is 224 Å². The van der Waals surface area contributed by atoms with Gasteiger partial charge in [-0.1, -0.05) is 60.7 Å². The first kappa shape index (κ1) is 26.1. The number of rotatable bonds is 9. The number of hydrogen-bond acceptors (Lipinski definition) is 3. The molecule has 5 nitrogen and oxygen atoms in total. The van der Waals surface area contributed by atoms with E-state index in [1.807, 2.05) is 48.0 Å². The number of halogens is 1. The summed E-state index contributed by atoms with van der Waals surface area (Å²) in [5.41, 5.74) is 5.77. The van der Waals surface area contributed by atoms with Gasteiger partial charge in [-0.3, -0.25) is 0 Å². The lowest BCUT2D eigenvalue weighted by atomic mass is 9.83. The number of nitrogens with one attached hydrogen (secondary N) is 1. The van der Waals surface area contributed by atoms with Gasteiger partial charge in [0, 0.05) is 22.9 Å². The van der Waals surface area contributed by atoms with Gasteiger partial charge in [-0.2, -0.15) is 5.10 Å². The lowest BCUT2D eigenvalue weighted by Gasteiger charge is -2.24. The van der Waals surface area contributed by atoms with Gasteiger partial charge in [-0.05, 0) is 80.5 Å². The Bertz CT molecular complexity index is 1500. The highest BCUT2D eigenvalue weighted by Crippen LogP contribution is 2.38. The summed E-state index contributed by atoms with van der Waals surface area (Å²) in [6.07, 6.45) is 6.37. The quantitative estimate of drug-likeness (QED) is 0.262. The zero-order chi connectivity index (χ0) is 26.5. The van der Waals surface area contributed by atoms with Crippen LogP contribution in [0.15, 0.2) is 90.3 Å². The normalized spacial score (nSPS) is 16.4. The number of fused-ring (bicyclic) bond motifs is 1. The Hall–Kier alpha value is -3.55. The van der Waals surface area contributed by atoms with E-state index in [1.54, 1.807) is 18.2 Å². The molecule has 1 aliphatic carbocycles. The van der Waals surface area contributed by atoms with Crippen molar-refractivity contribution >= 4 is 16.1 Å². The van der Waals surface area contributed by atoms with E-state index < -0.39 is 10.0 Å². The summed E-state index contributed by atoms with van der Waals surface area (Å²) in [4.78, 5) is 0. The summed E-state index contributed by atoms with van der Waals surface area (Å²) in [5.74, 6) is -0.0354. The number of benzene rings is 3. The smallest absolute Gasteiger partial charge is 0.234 e. The van der Waals surface area contributed by atoms with Crippen molar-refractivity contribution in [2.24, 2.45) is 0 Å². The van der Waals surface area contributed by atoms with Gasteiger partial charge in [0.15, 0.2) is 0 Å². The molecule has 2 atom stereocenters. The molecule has 0 fully saturated rings. The average Bonchev–Trinajstić information content (AvgIpc) is 3.31. The fraction of sp³-hybridized carbons (Fsp3) is 0.258. The standard InChI is InChI=1S/C31H32FN3O2S/c1-23(25-11-6-3-7-12-25)34-38(36,37)22-21-30-29-14-8-13-26(16-15-24-9-4-2-5-10-24)31(29)35(33-30)28-19-17-27(32)18-20-28/h2-7,9-12,17-23,26,34H,8,13-16H2,1H3/b22-21+. The number of sulfonamides is 1. The van der Waals surface area contributed by atoms with Crippen molar-refractivity contribution in [2.45, 2.75) is 51.0 Å². The zero-order valence-electron chi connectivity index (χ0n) is 21.4. The molecular formula is C31H32FN3O2S. The second-order valence-electron chi connectivity index (χ2n) is 9.85. The van der Waals surface area contributed by atoms with Gasteiger partial charge in [0.25, 0.3) is 0 Å². The lowest BCUT2D eigenvalue weighted by molar-refractivity contribution is 0.497. The molecule has 0 spiro atoms. The minimum Gasteiger partial charge on any atom is -0.237 e. The van der Waals surface area contributed by atoms with Crippen molar-refractivity contribution in [3.8, 4) is 5.69 Å². The summed E-state index contributed by atoms with van der Waals surface area (Å²) in [7, 11) is -3.70. The molecular weight excluding hydrogens is 497 g/mol. The Morgan fingerprint density at radius 3 is 2.42 bits per heavy atom. The van der Waals surface area contributed by atoms with Gasteiger partial charge in [0.1, 0.15) is 5.82 Å². The molecule has 0 aliphatic heterocycles. The predicted octanol–water partition coefficient (Wildman–Crippen LogP) is 6.72. The molecule has 3 aromatic carbocycles. The van der Waals surface area contributed by atoms with E-state index in [2.05, 4.69) is 29.0 Å². The van der Waals surface area contributed by atoms with Crippen LogP contribution >= 0.6 is 0 Å². The van der Waals surface area contributed by atoms with E-state index >= 15 is 0 Å². The zero-order valence-corrected chi connectivity index (χ0v) is 22.2. The van der Waals surface area contributed by atoms with Crippen molar-refractivity contribution < 1.29 is 12.8 Å². The van der Waals surface area contributed by atoms with Crippen LogP contribution in [0.2, 0.25) is 0 Å². The molecule has 38 heavy (non-hydrogen) atoms. The lowest BCUT2D eigenvalue weighted by Crippen LogP contribution is -2.24. The van der Waals surface area contributed by atoms with E-state index in [0.29, 0.717) is 5.69 Å². The van der Waals surface area contributed by atoms with Crippen molar-refractivity contribution in [1.29, 1.82) is 0 Å². The number of aromatic nitrogens is 2. The predicted molar refractivity (Wildman–Crippen MR) is 150 cm³/mol. The first-order chi connectivity index (χ1) is 18.4. The van der Waals surface area contributed by atoms with E-state index in [-0.39, 0.29) is 17.8 Å². The Morgan fingerprint density at radius 1 is 1.03 bits per heavy atom. The first-order valence-electron chi connectivity index (χ1n) is 13.1. The summed E-state index contributed by atoms with van der Waals surface area (Å²) >= 11 is 0. The van der Waals surface area contributed by atoms with E-state index in [4.69, 9.17) is 5.10 Å². The van der Waals surface area contributed by atoms with Crippen molar-refractivity contribution in [3.05, 3.63) is 124 Å². The third-order valence-corrected chi connectivity index (χ3v) is 8.34. The average molecular weight is 530 g/mol. The molecule has 1 N–H and O–H groups in total. The molecule has 0 saturated heterocycles. The molecule has 2 unspecified atom stereocenters. The number of hydrogen-bond donors (Lipinski definition) is 1. The highest BCUT2D eigenvalue weighted by atomic mass is 32.2. The van der Waals surface area contributed by atoms with Gasteiger partial charge >= 0.3 is 0 Å². The maximum absolute atomic E-state index is 13.7. The molecule has 0 radical (unpaired) electrons. The molecule has 0 bridgehead atoms. The second-order valence-corrected chi connectivity index (χ2v) is 11.4. The van der Waals surface area contributed by atoms with Crippen molar-refractivity contribution in [3.63, 3.8) is 0 Å². The fourth-order valence-electron chi connectivity index (χ4n) is 5.25. The van der Waals surface area contributed by atoms with Crippen LogP contribution in [-0.2, 0) is 22.9 Å². The van der Waals surface area contributed by atoms with E-state index in [9.17, 15) is 12.8 Å². The van der Waals surface area contributed by atoms with E-state index in [1.165, 1.54) is 23.1 Å². The van der Waals surface area contributed by atoms with Gasteiger partial charge in [0.2, 0.25) is 10.0 Å². The van der Waals surface area contributed by atoms with Crippen LogP contribution in [0, 0.1) is 5.82 Å². The molecule has 1 aromatic heterocycles. The van der Waals surface area contributed by atoms with Crippen LogP contribution in [-0.4, -0.2) is 18.2 Å². The molecule has 1 heterocycles. The SMILES string of the molecule is CC(NS(=O)(=O)/C=C/c1nn(-c2ccc(F)cc2)c2c1CCCC2CCc1ccccc1)c1ccccc1. The number of nitrogens with zero attached hydrogens (tertiary/aromatic N) is 2. The maximum atomic E-state index is 13.7. The maximum Gasteiger partial charge on any atom is 0.234 e. The van der Waals surface area contributed by atoms with Crippen LogP contribution in [0.5, 0.6) is 0 Å². The molecule has 1 aliphatic rings. The third kappa shape index (κ3) is 6.11. The van der Waals surface area contributed by atoms with Gasteiger partial charge in [0.05, 0.1) is 17.1 Å². The largest absolute Gasteiger partial charge is 0.237 e. The van der Waals surface area contributed by atoms with Crippen LogP contribution in [0.1, 0.15) is 66.2 Å². The minimum atomic E-state index is -3.70. The van der Waals surface area contributed by atoms with Gasteiger partial charge in [-0.15, -0.1) is 0 Å². The summed E-state index contributed by atoms with van der Waals surface area (Å²) in [6, 6.07) is 25.8. The first-order valence-corrected chi connectivity index (χ1v) is 14.6. The van der Waals surface area contributed by atoms with Gasteiger partial charge < -0.3 is 0 Å². The van der Waals surface area contributed by atoms with Crippen LogP contribution in [0.4, 0.5) is 4.39 Å². The molecule has 7 heteroatoms. The minimum absolute atomic E-state index is 0.270. The highest BCUT2D eigenvalue weighted by Gasteiger charge is 2.28. The topological polar surface area (TPSA) is 64.0 Å². The molecule has 5 rings (SSSR count). The number of aryl methyl sites for hydroxylation is 1. The molecule has 0 amide bonds. The van der Waals surface area contributed by atoms with Crippen LogP contribution in [0.3, 0.4) is 0 Å². The molecule has 196 valence electrons. The second kappa shape index (κ2) is 11.5. The summed E-state index contributed by atoms with van der Waals surface area (Å²) in [5, 5.41) is 6.06. The third-order valence-electron chi connectivity index (χ3n) is 7.16. The van der Waals surface area contributed by atoms with Gasteiger partial charge in [-0.25, -0.2) is 22.2 Å². The summed E-state index contributed by atoms with van der Waals surface area (Å²) in [6.45, 7) is 1.82. The Balaban J connectivity index is 1.45.